The number of H-pyrrole nitrogens is 1. The normalized spacial score (nSPS) is 12.1. The highest BCUT2D eigenvalue weighted by Gasteiger charge is 2.11. The summed E-state index contributed by atoms with van der Waals surface area (Å²) in [4.78, 5) is 21.7. The van der Waals surface area contributed by atoms with Gasteiger partial charge >= 0.3 is 5.97 Å². The number of aromatic amines is 1. The highest BCUT2D eigenvalue weighted by atomic mass is 16.4. The maximum atomic E-state index is 10.6. The van der Waals surface area contributed by atoms with Crippen LogP contribution in [-0.2, 0) is 4.79 Å². The minimum Gasteiger partial charge on any atom is -0.480 e. The molecule has 0 aliphatic heterocycles. The summed E-state index contributed by atoms with van der Waals surface area (Å²) in [6, 6.07) is 1.19. The summed E-state index contributed by atoms with van der Waals surface area (Å²) in [7, 11) is 0. The molecule has 0 saturated heterocycles. The predicted molar refractivity (Wildman–Crippen MR) is 62.5 cm³/mol. The summed E-state index contributed by atoms with van der Waals surface area (Å²) in [6.07, 6.45) is 6.94. The fourth-order valence-electron chi connectivity index (χ4n) is 1.31. The van der Waals surface area contributed by atoms with Crippen LogP contribution in [0.1, 0.15) is 6.92 Å². The average molecular weight is 232 g/mol. The molecule has 0 radical (unpaired) electrons. The van der Waals surface area contributed by atoms with E-state index in [0.717, 1.165) is 11.1 Å². The number of hydrogen-bond acceptors (Lipinski definition) is 4. The number of carboxylic acid groups (broad SMARTS) is 1. The van der Waals surface area contributed by atoms with Crippen LogP contribution in [0.3, 0.4) is 0 Å². The highest BCUT2D eigenvalue weighted by Crippen LogP contribution is 2.16. The maximum Gasteiger partial charge on any atom is 0.325 e. The summed E-state index contributed by atoms with van der Waals surface area (Å²) in [6.45, 7) is 1.53. The van der Waals surface area contributed by atoms with Crippen LogP contribution in [-0.4, -0.2) is 32.1 Å². The second-order valence-corrected chi connectivity index (χ2v) is 3.60. The summed E-state index contributed by atoms with van der Waals surface area (Å²) in [5.74, 6) is -0.637. The molecule has 0 spiro atoms. The smallest absolute Gasteiger partial charge is 0.325 e. The van der Waals surface area contributed by atoms with Crippen molar-refractivity contribution in [2.24, 2.45) is 0 Å². The quantitative estimate of drug-likeness (QED) is 0.740. The molecule has 0 amide bonds. The third-order valence-corrected chi connectivity index (χ3v) is 2.30. The lowest BCUT2D eigenvalue weighted by atomic mass is 10.2. The summed E-state index contributed by atoms with van der Waals surface area (Å²) in [5.41, 5.74) is 1.86. The third kappa shape index (κ3) is 2.60. The van der Waals surface area contributed by atoms with Gasteiger partial charge in [0.25, 0.3) is 0 Å². The van der Waals surface area contributed by atoms with E-state index in [1.165, 1.54) is 6.92 Å². The first kappa shape index (κ1) is 11.1. The van der Waals surface area contributed by atoms with Crippen molar-refractivity contribution in [3.63, 3.8) is 0 Å². The van der Waals surface area contributed by atoms with Crippen molar-refractivity contribution in [1.29, 1.82) is 0 Å². The molecule has 3 N–H and O–H groups in total. The van der Waals surface area contributed by atoms with Gasteiger partial charge in [-0.05, 0) is 13.0 Å². The van der Waals surface area contributed by atoms with Crippen LogP contribution in [0.25, 0.3) is 11.1 Å². The van der Waals surface area contributed by atoms with Gasteiger partial charge in [0.2, 0.25) is 5.95 Å². The Morgan fingerprint density at radius 2 is 2.12 bits per heavy atom. The van der Waals surface area contributed by atoms with E-state index in [0.29, 0.717) is 5.95 Å². The van der Waals surface area contributed by atoms with Crippen molar-refractivity contribution in [3.05, 3.63) is 30.9 Å². The molecule has 1 unspecified atom stereocenters. The van der Waals surface area contributed by atoms with Crippen molar-refractivity contribution in [3.8, 4) is 11.1 Å². The molecular weight excluding hydrogens is 220 g/mol. The SMILES string of the molecule is CC(Nc1ncc(-c2cc[nH]c2)cn1)C(=O)O. The molecule has 1 atom stereocenters. The van der Waals surface area contributed by atoms with E-state index in [-0.39, 0.29) is 0 Å². The molecule has 2 aromatic heterocycles. The Bertz CT molecular complexity index is 493. The molecule has 0 saturated carbocycles. The molecule has 6 nitrogen and oxygen atoms in total. The molecular formula is C11H12N4O2. The average Bonchev–Trinajstić information content (AvgIpc) is 2.83. The molecule has 0 aliphatic carbocycles. The summed E-state index contributed by atoms with van der Waals surface area (Å²) < 4.78 is 0. The van der Waals surface area contributed by atoms with Crippen molar-refractivity contribution in [1.82, 2.24) is 15.0 Å². The third-order valence-electron chi connectivity index (χ3n) is 2.30. The van der Waals surface area contributed by atoms with Gasteiger partial charge in [0.15, 0.2) is 0 Å². The van der Waals surface area contributed by atoms with Crippen LogP contribution >= 0.6 is 0 Å². The number of carbonyl (C=O) groups is 1. The monoisotopic (exact) mass is 232 g/mol. The van der Waals surface area contributed by atoms with Gasteiger partial charge < -0.3 is 15.4 Å². The maximum absolute atomic E-state index is 10.6. The topological polar surface area (TPSA) is 90.9 Å². The molecule has 2 rings (SSSR count). The summed E-state index contributed by atoms with van der Waals surface area (Å²) >= 11 is 0. The van der Waals surface area contributed by atoms with Crippen LogP contribution in [0.4, 0.5) is 5.95 Å². The van der Waals surface area contributed by atoms with Gasteiger partial charge in [-0.3, -0.25) is 4.79 Å². The van der Waals surface area contributed by atoms with E-state index in [2.05, 4.69) is 20.3 Å². The first-order valence-electron chi connectivity index (χ1n) is 5.11. The number of aromatic nitrogens is 3. The van der Waals surface area contributed by atoms with E-state index in [1.54, 1.807) is 12.4 Å². The predicted octanol–water partition coefficient (Wildman–Crippen LogP) is 1.36. The number of nitrogens with zero attached hydrogens (tertiary/aromatic N) is 2. The Morgan fingerprint density at radius 1 is 1.41 bits per heavy atom. The second kappa shape index (κ2) is 4.65. The zero-order valence-electron chi connectivity index (χ0n) is 9.21. The number of anilines is 1. The second-order valence-electron chi connectivity index (χ2n) is 3.60. The van der Waals surface area contributed by atoms with Crippen LogP contribution in [0, 0.1) is 0 Å². The lowest BCUT2D eigenvalue weighted by Crippen LogP contribution is -2.26. The molecule has 0 aliphatic rings. The minimum absolute atomic E-state index is 0.305. The van der Waals surface area contributed by atoms with Gasteiger partial charge in [-0.15, -0.1) is 0 Å². The van der Waals surface area contributed by atoms with Gasteiger partial charge in [-0.25, -0.2) is 9.97 Å². The number of carboxylic acids is 1. The van der Waals surface area contributed by atoms with Gasteiger partial charge in [-0.2, -0.15) is 0 Å². The largest absolute Gasteiger partial charge is 0.480 e. The number of hydrogen-bond donors (Lipinski definition) is 3. The molecule has 6 heteroatoms. The van der Waals surface area contributed by atoms with Gasteiger partial charge in [0, 0.05) is 35.9 Å². The molecule has 0 bridgehead atoms. The van der Waals surface area contributed by atoms with Crippen LogP contribution in [0.2, 0.25) is 0 Å². The molecule has 0 fully saturated rings. The minimum atomic E-state index is -0.941. The zero-order valence-corrected chi connectivity index (χ0v) is 9.21. The molecule has 88 valence electrons. The Kier molecular flexibility index (Phi) is 3.04. The zero-order chi connectivity index (χ0) is 12.3. The van der Waals surface area contributed by atoms with Gasteiger partial charge in [0.05, 0.1) is 0 Å². The van der Waals surface area contributed by atoms with Crippen molar-refractivity contribution < 1.29 is 9.90 Å². The van der Waals surface area contributed by atoms with E-state index in [4.69, 9.17) is 5.11 Å². The Hall–Kier alpha value is -2.37. The molecule has 2 aromatic rings. The van der Waals surface area contributed by atoms with Gasteiger partial charge in [0.1, 0.15) is 6.04 Å². The number of rotatable bonds is 4. The van der Waals surface area contributed by atoms with E-state index >= 15 is 0 Å². The lowest BCUT2D eigenvalue weighted by molar-refractivity contribution is -0.137. The van der Waals surface area contributed by atoms with Crippen LogP contribution < -0.4 is 5.32 Å². The van der Waals surface area contributed by atoms with E-state index < -0.39 is 12.0 Å². The Morgan fingerprint density at radius 3 is 2.65 bits per heavy atom. The lowest BCUT2D eigenvalue weighted by Gasteiger charge is -2.08. The molecule has 2 heterocycles. The van der Waals surface area contributed by atoms with E-state index in [9.17, 15) is 4.79 Å². The van der Waals surface area contributed by atoms with Crippen molar-refractivity contribution in [2.45, 2.75) is 13.0 Å². The first-order chi connectivity index (χ1) is 8.16. The fourth-order valence-corrected chi connectivity index (χ4v) is 1.31. The molecule has 0 aromatic carbocycles. The van der Waals surface area contributed by atoms with Crippen molar-refractivity contribution in [2.75, 3.05) is 5.32 Å². The molecule has 17 heavy (non-hydrogen) atoms. The Balaban J connectivity index is 2.11. The summed E-state index contributed by atoms with van der Waals surface area (Å²) in [5, 5.41) is 11.4. The number of nitrogens with one attached hydrogen (secondary N) is 2. The standard InChI is InChI=1S/C11H12N4O2/c1-7(10(16)17)15-11-13-5-9(6-14-11)8-2-3-12-4-8/h2-7,12H,1H3,(H,16,17)(H,13,14,15). The van der Waals surface area contributed by atoms with E-state index in [1.807, 2.05) is 18.5 Å². The number of aliphatic carboxylic acids is 1. The van der Waals surface area contributed by atoms with Gasteiger partial charge in [-0.1, -0.05) is 0 Å². The highest BCUT2D eigenvalue weighted by molar-refractivity contribution is 5.75. The Labute approximate surface area is 97.7 Å². The fraction of sp³-hybridized carbons (Fsp3) is 0.182. The van der Waals surface area contributed by atoms with Crippen molar-refractivity contribution >= 4 is 11.9 Å². The van der Waals surface area contributed by atoms with Crippen LogP contribution in [0.5, 0.6) is 0 Å². The first-order valence-corrected chi connectivity index (χ1v) is 5.11. The van der Waals surface area contributed by atoms with Crippen LogP contribution in [0.15, 0.2) is 30.9 Å².